The van der Waals surface area contributed by atoms with Crippen molar-refractivity contribution in [3.05, 3.63) is 29.8 Å². The first-order valence-electron chi connectivity index (χ1n) is 10.6. The van der Waals surface area contributed by atoms with Crippen molar-refractivity contribution in [3.63, 3.8) is 0 Å². The highest BCUT2D eigenvalue weighted by Gasteiger charge is 2.32. The number of nitrogens with one attached hydrogen (secondary N) is 1. The zero-order chi connectivity index (χ0) is 19.8. The van der Waals surface area contributed by atoms with E-state index in [0.29, 0.717) is 5.92 Å². The predicted octanol–water partition coefficient (Wildman–Crippen LogP) is 3.34. The summed E-state index contributed by atoms with van der Waals surface area (Å²) in [4.78, 5) is 6.76. The maximum atomic E-state index is 5.94. The van der Waals surface area contributed by atoms with Crippen molar-refractivity contribution in [2.75, 3.05) is 46.5 Å². The quantitative estimate of drug-likeness (QED) is 0.342. The molecule has 6 nitrogen and oxygen atoms in total. The maximum Gasteiger partial charge on any atom is 0.193 e. The Hall–Kier alpha value is -1.06. The van der Waals surface area contributed by atoms with Crippen molar-refractivity contribution in [3.8, 4) is 5.75 Å². The number of aliphatic imine (C=N–C) groups is 1. The summed E-state index contributed by atoms with van der Waals surface area (Å²) in [6.45, 7) is 9.21. The Labute approximate surface area is 192 Å². The van der Waals surface area contributed by atoms with Crippen LogP contribution in [0.25, 0.3) is 0 Å². The fourth-order valence-electron chi connectivity index (χ4n) is 3.65. The van der Waals surface area contributed by atoms with Crippen LogP contribution in [0.1, 0.15) is 32.3 Å². The van der Waals surface area contributed by atoms with Crippen LogP contribution >= 0.6 is 24.0 Å². The number of ether oxygens (including phenoxy) is 3. The van der Waals surface area contributed by atoms with Gasteiger partial charge in [0.1, 0.15) is 11.9 Å². The van der Waals surface area contributed by atoms with Crippen molar-refractivity contribution in [1.82, 2.24) is 10.2 Å². The van der Waals surface area contributed by atoms with Gasteiger partial charge in [-0.3, -0.25) is 4.99 Å². The topological polar surface area (TPSA) is 55.3 Å². The summed E-state index contributed by atoms with van der Waals surface area (Å²) in [5.74, 6) is 2.42. The Morgan fingerprint density at radius 1 is 1.21 bits per heavy atom. The van der Waals surface area contributed by atoms with E-state index in [-0.39, 0.29) is 36.2 Å². The number of benzene rings is 1. The summed E-state index contributed by atoms with van der Waals surface area (Å²) in [6, 6.07) is 8.39. The molecular weight excluding hydrogens is 481 g/mol. The molecule has 1 aromatic rings. The molecule has 2 aliphatic heterocycles. The molecule has 0 aliphatic carbocycles. The minimum atomic E-state index is 0. The molecular formula is C22H36IN3O3. The molecule has 7 heteroatoms. The molecule has 2 aliphatic rings. The van der Waals surface area contributed by atoms with Gasteiger partial charge in [-0.25, -0.2) is 0 Å². The summed E-state index contributed by atoms with van der Waals surface area (Å²) in [5, 5.41) is 3.50. The van der Waals surface area contributed by atoms with E-state index in [9.17, 15) is 0 Å². The van der Waals surface area contributed by atoms with Crippen LogP contribution in [0.2, 0.25) is 0 Å². The van der Waals surface area contributed by atoms with Crippen LogP contribution in [0.15, 0.2) is 29.3 Å². The second kappa shape index (κ2) is 12.6. The first-order valence-corrected chi connectivity index (χ1v) is 10.6. The number of rotatable bonds is 7. The van der Waals surface area contributed by atoms with Gasteiger partial charge >= 0.3 is 0 Å². The van der Waals surface area contributed by atoms with E-state index >= 15 is 0 Å². The Kier molecular flexibility index (Phi) is 10.5. The van der Waals surface area contributed by atoms with E-state index in [1.54, 1.807) is 0 Å². The Morgan fingerprint density at radius 2 is 1.97 bits per heavy atom. The van der Waals surface area contributed by atoms with E-state index in [1.165, 1.54) is 5.56 Å². The van der Waals surface area contributed by atoms with Gasteiger partial charge in [0.25, 0.3) is 0 Å². The first kappa shape index (κ1) is 24.2. The average molecular weight is 517 g/mol. The van der Waals surface area contributed by atoms with Crippen molar-refractivity contribution >= 4 is 29.9 Å². The van der Waals surface area contributed by atoms with Gasteiger partial charge in [0.05, 0.1) is 19.3 Å². The van der Waals surface area contributed by atoms with E-state index < -0.39 is 0 Å². The fraction of sp³-hybridized carbons (Fsp3) is 0.682. The zero-order valence-corrected chi connectivity index (χ0v) is 20.3. The van der Waals surface area contributed by atoms with E-state index in [2.05, 4.69) is 53.3 Å². The van der Waals surface area contributed by atoms with Gasteiger partial charge in [-0.15, -0.1) is 24.0 Å². The molecule has 2 heterocycles. The summed E-state index contributed by atoms with van der Waals surface area (Å²) in [6.07, 6.45) is 3.56. The standard InChI is InChI=1S/C22H35N3O3.HI/c1-17(2)16-28-19-8-6-18(7-9-19)10-11-24-22(23-3)25-12-14-27-21(15-25)20-5-4-13-26-20;/h6-9,17,20-21H,4-5,10-16H2,1-3H3,(H,23,24);1H. The van der Waals surface area contributed by atoms with E-state index in [4.69, 9.17) is 14.2 Å². The van der Waals surface area contributed by atoms with Crippen LogP contribution in [-0.2, 0) is 15.9 Å². The molecule has 0 aromatic heterocycles. The molecule has 2 fully saturated rings. The van der Waals surface area contributed by atoms with Crippen LogP contribution in [0.5, 0.6) is 5.75 Å². The Bertz CT molecular complexity index is 618. The highest BCUT2D eigenvalue weighted by molar-refractivity contribution is 14.0. The molecule has 0 spiro atoms. The normalized spacial score (nSPS) is 22.5. The molecule has 0 bridgehead atoms. The van der Waals surface area contributed by atoms with Gasteiger partial charge in [-0.2, -0.15) is 0 Å². The third kappa shape index (κ3) is 7.61. The predicted molar refractivity (Wildman–Crippen MR) is 128 cm³/mol. The summed E-state index contributed by atoms with van der Waals surface area (Å²) >= 11 is 0. The lowest BCUT2D eigenvalue weighted by Crippen LogP contribution is -2.53. The largest absolute Gasteiger partial charge is 0.493 e. The average Bonchev–Trinajstić information content (AvgIpc) is 3.25. The van der Waals surface area contributed by atoms with Crippen molar-refractivity contribution < 1.29 is 14.2 Å². The molecule has 2 unspecified atom stereocenters. The Morgan fingerprint density at radius 3 is 2.62 bits per heavy atom. The van der Waals surface area contributed by atoms with Crippen LogP contribution in [0, 0.1) is 5.92 Å². The maximum absolute atomic E-state index is 5.94. The molecule has 2 saturated heterocycles. The van der Waals surface area contributed by atoms with Gasteiger partial charge < -0.3 is 24.4 Å². The SMILES string of the molecule is CN=C(NCCc1ccc(OCC(C)C)cc1)N1CCOC(C2CCCO2)C1.I. The van der Waals surface area contributed by atoms with E-state index in [0.717, 1.165) is 70.4 Å². The van der Waals surface area contributed by atoms with Crippen molar-refractivity contribution in [2.45, 2.75) is 45.3 Å². The molecule has 1 aromatic carbocycles. The lowest BCUT2D eigenvalue weighted by Gasteiger charge is -2.37. The van der Waals surface area contributed by atoms with Crippen molar-refractivity contribution in [2.24, 2.45) is 10.9 Å². The molecule has 0 saturated carbocycles. The third-order valence-corrected chi connectivity index (χ3v) is 5.19. The van der Waals surface area contributed by atoms with Gasteiger partial charge in [0.2, 0.25) is 0 Å². The molecule has 0 radical (unpaired) electrons. The molecule has 2 atom stereocenters. The van der Waals surface area contributed by atoms with Crippen molar-refractivity contribution in [1.29, 1.82) is 0 Å². The third-order valence-electron chi connectivity index (χ3n) is 5.19. The van der Waals surface area contributed by atoms with Gasteiger partial charge in [0.15, 0.2) is 5.96 Å². The molecule has 0 amide bonds. The molecule has 1 N–H and O–H groups in total. The summed E-state index contributed by atoms with van der Waals surface area (Å²) in [5.41, 5.74) is 1.29. The number of hydrogen-bond donors (Lipinski definition) is 1. The van der Waals surface area contributed by atoms with Crippen LogP contribution in [0.4, 0.5) is 0 Å². The molecule has 3 rings (SSSR count). The minimum Gasteiger partial charge on any atom is -0.493 e. The smallest absolute Gasteiger partial charge is 0.193 e. The first-order chi connectivity index (χ1) is 13.7. The Balaban J connectivity index is 0.00000300. The lowest BCUT2D eigenvalue weighted by molar-refractivity contribution is -0.0816. The van der Waals surface area contributed by atoms with Gasteiger partial charge in [0, 0.05) is 33.3 Å². The highest BCUT2D eigenvalue weighted by atomic mass is 127. The second-order valence-corrected chi connectivity index (χ2v) is 7.98. The molecule has 164 valence electrons. The number of hydrogen-bond acceptors (Lipinski definition) is 4. The summed E-state index contributed by atoms with van der Waals surface area (Å²) in [7, 11) is 1.85. The number of halogens is 1. The zero-order valence-electron chi connectivity index (χ0n) is 17.9. The minimum absolute atomic E-state index is 0. The molecule has 29 heavy (non-hydrogen) atoms. The monoisotopic (exact) mass is 517 g/mol. The summed E-state index contributed by atoms with van der Waals surface area (Å²) < 4.78 is 17.5. The van der Waals surface area contributed by atoms with Gasteiger partial charge in [-0.1, -0.05) is 26.0 Å². The number of morpholine rings is 1. The second-order valence-electron chi connectivity index (χ2n) is 7.98. The van der Waals surface area contributed by atoms with Crippen LogP contribution in [-0.4, -0.2) is 69.6 Å². The van der Waals surface area contributed by atoms with E-state index in [1.807, 2.05) is 7.05 Å². The van der Waals surface area contributed by atoms with Gasteiger partial charge in [-0.05, 0) is 42.9 Å². The van der Waals surface area contributed by atoms with Crippen LogP contribution in [0.3, 0.4) is 0 Å². The fourth-order valence-corrected chi connectivity index (χ4v) is 3.65. The number of guanidine groups is 1. The lowest BCUT2D eigenvalue weighted by atomic mass is 10.1. The van der Waals surface area contributed by atoms with Crippen LogP contribution < -0.4 is 10.1 Å². The highest BCUT2D eigenvalue weighted by Crippen LogP contribution is 2.21. The number of nitrogens with zero attached hydrogens (tertiary/aromatic N) is 2.